The summed E-state index contributed by atoms with van der Waals surface area (Å²) in [7, 11) is 1.59. The smallest absolute Gasteiger partial charge is 0.247 e. The van der Waals surface area contributed by atoms with E-state index in [1.807, 2.05) is 18.2 Å². The molecular weight excluding hydrogens is 278 g/mol. The summed E-state index contributed by atoms with van der Waals surface area (Å²) in [6.07, 6.45) is 0.914. The van der Waals surface area contributed by atoms with Crippen molar-refractivity contribution in [2.24, 2.45) is 0 Å². The molecule has 2 aromatic rings. The lowest BCUT2D eigenvalue weighted by Gasteiger charge is -2.13. The van der Waals surface area contributed by atoms with Gasteiger partial charge in [0.1, 0.15) is 5.69 Å². The monoisotopic (exact) mass is 293 g/mol. The van der Waals surface area contributed by atoms with Gasteiger partial charge in [-0.1, -0.05) is 13.0 Å². The van der Waals surface area contributed by atoms with Crippen LogP contribution in [0.1, 0.15) is 18.2 Å². The average molecular weight is 294 g/mol. The highest BCUT2D eigenvalue weighted by atomic mass is 35.5. The minimum atomic E-state index is 0.0934. The van der Waals surface area contributed by atoms with Crippen LogP contribution >= 0.6 is 11.6 Å². The van der Waals surface area contributed by atoms with Crippen LogP contribution < -0.4 is 15.2 Å². The SMILES string of the molecule is CCc1ccc(Oc2nc(Cl)nc(C)c2N)c(OC)c1. The molecule has 0 aliphatic rings. The summed E-state index contributed by atoms with van der Waals surface area (Å²) in [5.41, 5.74) is 7.98. The number of benzene rings is 1. The van der Waals surface area contributed by atoms with Crippen molar-refractivity contribution in [2.75, 3.05) is 12.8 Å². The van der Waals surface area contributed by atoms with Crippen LogP contribution in [0, 0.1) is 6.92 Å². The van der Waals surface area contributed by atoms with Crippen LogP contribution in [-0.2, 0) is 6.42 Å². The minimum absolute atomic E-state index is 0.0934. The van der Waals surface area contributed by atoms with Gasteiger partial charge in [-0.05, 0) is 42.6 Å². The molecule has 0 saturated heterocycles. The highest BCUT2D eigenvalue weighted by Gasteiger charge is 2.13. The van der Waals surface area contributed by atoms with Crippen LogP contribution in [-0.4, -0.2) is 17.1 Å². The minimum Gasteiger partial charge on any atom is -0.493 e. The number of aromatic nitrogens is 2. The van der Waals surface area contributed by atoms with E-state index in [0.29, 0.717) is 22.9 Å². The van der Waals surface area contributed by atoms with Gasteiger partial charge in [0.2, 0.25) is 11.2 Å². The van der Waals surface area contributed by atoms with E-state index in [4.69, 9.17) is 26.8 Å². The number of hydrogen-bond acceptors (Lipinski definition) is 5. The Balaban J connectivity index is 2.39. The van der Waals surface area contributed by atoms with E-state index in [2.05, 4.69) is 16.9 Å². The zero-order chi connectivity index (χ0) is 14.7. The molecule has 0 atom stereocenters. The van der Waals surface area contributed by atoms with Crippen molar-refractivity contribution in [3.05, 3.63) is 34.7 Å². The van der Waals surface area contributed by atoms with Crippen LogP contribution in [0.4, 0.5) is 5.69 Å². The second-order valence-electron chi connectivity index (χ2n) is 4.24. The van der Waals surface area contributed by atoms with E-state index in [-0.39, 0.29) is 11.2 Å². The van der Waals surface area contributed by atoms with E-state index in [1.165, 1.54) is 0 Å². The molecule has 0 fully saturated rings. The predicted octanol–water partition coefficient (Wildman–Crippen LogP) is 3.38. The number of ether oxygens (including phenoxy) is 2. The number of halogens is 1. The lowest BCUT2D eigenvalue weighted by Crippen LogP contribution is -2.01. The van der Waals surface area contributed by atoms with E-state index in [9.17, 15) is 0 Å². The number of aryl methyl sites for hydroxylation is 2. The Labute approximate surface area is 122 Å². The van der Waals surface area contributed by atoms with Crippen molar-refractivity contribution in [3.8, 4) is 17.4 Å². The topological polar surface area (TPSA) is 70.3 Å². The molecule has 0 amide bonds. The van der Waals surface area contributed by atoms with E-state index in [1.54, 1.807) is 14.0 Å². The summed E-state index contributed by atoms with van der Waals surface area (Å²) < 4.78 is 11.0. The Bertz CT molecular complexity index is 632. The molecule has 0 saturated carbocycles. The maximum Gasteiger partial charge on any atom is 0.247 e. The van der Waals surface area contributed by atoms with Crippen LogP contribution in [0.25, 0.3) is 0 Å². The third kappa shape index (κ3) is 2.93. The molecule has 2 rings (SSSR count). The van der Waals surface area contributed by atoms with Crippen molar-refractivity contribution in [1.82, 2.24) is 9.97 Å². The summed E-state index contributed by atoms with van der Waals surface area (Å²) in [5.74, 6) is 1.38. The van der Waals surface area contributed by atoms with Gasteiger partial charge >= 0.3 is 0 Å². The molecule has 1 aromatic heterocycles. The number of hydrogen-bond donors (Lipinski definition) is 1. The molecule has 0 radical (unpaired) electrons. The fourth-order valence-electron chi connectivity index (χ4n) is 1.72. The normalized spacial score (nSPS) is 10.4. The van der Waals surface area contributed by atoms with Crippen molar-refractivity contribution >= 4 is 17.3 Å². The van der Waals surface area contributed by atoms with Crippen molar-refractivity contribution in [2.45, 2.75) is 20.3 Å². The first-order chi connectivity index (χ1) is 9.55. The maximum atomic E-state index is 5.90. The van der Waals surface area contributed by atoms with E-state index >= 15 is 0 Å². The molecule has 106 valence electrons. The summed E-state index contributed by atoms with van der Waals surface area (Å²) in [4.78, 5) is 7.96. The van der Waals surface area contributed by atoms with Gasteiger partial charge < -0.3 is 15.2 Å². The lowest BCUT2D eigenvalue weighted by atomic mass is 10.1. The quantitative estimate of drug-likeness (QED) is 0.875. The zero-order valence-corrected chi connectivity index (χ0v) is 12.4. The lowest BCUT2D eigenvalue weighted by molar-refractivity contribution is 0.374. The highest BCUT2D eigenvalue weighted by Crippen LogP contribution is 2.34. The van der Waals surface area contributed by atoms with Gasteiger partial charge in [-0.3, -0.25) is 0 Å². The third-order valence-electron chi connectivity index (χ3n) is 2.92. The predicted molar refractivity (Wildman–Crippen MR) is 78.6 cm³/mol. The zero-order valence-electron chi connectivity index (χ0n) is 11.6. The molecule has 0 aliphatic carbocycles. The number of nitrogens with two attached hydrogens (primary N) is 1. The maximum absolute atomic E-state index is 5.90. The van der Waals surface area contributed by atoms with E-state index in [0.717, 1.165) is 12.0 Å². The summed E-state index contributed by atoms with van der Waals surface area (Å²) >= 11 is 5.82. The molecule has 1 aromatic carbocycles. The first-order valence-corrected chi connectivity index (χ1v) is 6.57. The second kappa shape index (κ2) is 5.96. The Morgan fingerprint density at radius 3 is 2.65 bits per heavy atom. The van der Waals surface area contributed by atoms with Crippen LogP contribution in [0.3, 0.4) is 0 Å². The molecular formula is C14H16ClN3O2. The molecule has 6 heteroatoms. The molecule has 0 spiro atoms. The van der Waals surface area contributed by atoms with Crippen molar-refractivity contribution in [3.63, 3.8) is 0 Å². The number of rotatable bonds is 4. The third-order valence-corrected chi connectivity index (χ3v) is 3.09. The van der Waals surface area contributed by atoms with Gasteiger partial charge in [0, 0.05) is 0 Å². The first kappa shape index (κ1) is 14.4. The van der Waals surface area contributed by atoms with Crippen molar-refractivity contribution in [1.29, 1.82) is 0 Å². The van der Waals surface area contributed by atoms with Crippen LogP contribution in [0.5, 0.6) is 17.4 Å². The molecule has 0 bridgehead atoms. The number of anilines is 1. The molecule has 1 heterocycles. The second-order valence-corrected chi connectivity index (χ2v) is 4.58. The van der Waals surface area contributed by atoms with Gasteiger partial charge in [0.05, 0.1) is 12.8 Å². The Morgan fingerprint density at radius 1 is 1.25 bits per heavy atom. The number of nitrogens with zero attached hydrogens (tertiary/aromatic N) is 2. The summed E-state index contributed by atoms with van der Waals surface area (Å²) in [6.45, 7) is 3.81. The number of methoxy groups -OCH3 is 1. The molecule has 0 unspecified atom stereocenters. The fraction of sp³-hybridized carbons (Fsp3) is 0.286. The van der Waals surface area contributed by atoms with Gasteiger partial charge in [0.25, 0.3) is 0 Å². The largest absolute Gasteiger partial charge is 0.493 e. The molecule has 5 nitrogen and oxygen atoms in total. The Kier molecular flexibility index (Phi) is 4.29. The Hall–Kier alpha value is -2.01. The van der Waals surface area contributed by atoms with Gasteiger partial charge in [-0.2, -0.15) is 4.98 Å². The van der Waals surface area contributed by atoms with Gasteiger partial charge in [0.15, 0.2) is 11.5 Å². The van der Waals surface area contributed by atoms with Crippen molar-refractivity contribution < 1.29 is 9.47 Å². The fourth-order valence-corrected chi connectivity index (χ4v) is 1.92. The summed E-state index contributed by atoms with van der Waals surface area (Å²) in [6, 6.07) is 5.70. The molecule has 0 aliphatic heterocycles. The van der Waals surface area contributed by atoms with Gasteiger partial charge in [-0.25, -0.2) is 4.98 Å². The van der Waals surface area contributed by atoms with Crippen LogP contribution in [0.15, 0.2) is 18.2 Å². The summed E-state index contributed by atoms with van der Waals surface area (Å²) in [5, 5.41) is 0.0934. The molecule has 2 N–H and O–H groups in total. The van der Waals surface area contributed by atoms with Gasteiger partial charge in [-0.15, -0.1) is 0 Å². The Morgan fingerprint density at radius 2 is 2.00 bits per heavy atom. The highest BCUT2D eigenvalue weighted by molar-refractivity contribution is 6.28. The first-order valence-electron chi connectivity index (χ1n) is 6.19. The average Bonchev–Trinajstić information content (AvgIpc) is 2.44. The van der Waals surface area contributed by atoms with E-state index < -0.39 is 0 Å². The van der Waals surface area contributed by atoms with Crippen LogP contribution in [0.2, 0.25) is 5.28 Å². The molecule has 20 heavy (non-hydrogen) atoms. The number of nitrogen functional groups attached to an aromatic ring is 1. The standard InChI is InChI=1S/C14H16ClN3O2/c1-4-9-5-6-10(11(7-9)19-3)20-13-12(16)8(2)17-14(15)18-13/h5-7H,4,16H2,1-3H3.